The minimum absolute atomic E-state index is 0.686. The van der Waals surface area contributed by atoms with Crippen molar-refractivity contribution in [2.24, 2.45) is 5.16 Å². The number of benzene rings is 1. The lowest BCUT2D eigenvalue weighted by atomic mass is 10.1. The van der Waals surface area contributed by atoms with E-state index in [9.17, 15) is 0 Å². The Morgan fingerprint density at radius 1 is 1.12 bits per heavy atom. The Morgan fingerprint density at radius 2 is 1.88 bits per heavy atom. The standard InChI is InChI=1S/C14H12N2O/c1-2-17-16-14(12-8-4-3-5-9-12)13-10-6-7-11-15-13/h2-11H,1H2. The van der Waals surface area contributed by atoms with Crippen molar-refractivity contribution in [1.29, 1.82) is 0 Å². The van der Waals surface area contributed by atoms with Gasteiger partial charge in [-0.25, -0.2) is 0 Å². The molecule has 0 bridgehead atoms. The predicted octanol–water partition coefficient (Wildman–Crippen LogP) is 2.99. The smallest absolute Gasteiger partial charge is 0.136 e. The van der Waals surface area contributed by atoms with Crippen LogP contribution in [0.3, 0.4) is 0 Å². The second kappa shape index (κ2) is 5.61. The zero-order valence-electron chi connectivity index (χ0n) is 9.28. The van der Waals surface area contributed by atoms with Gasteiger partial charge in [-0.2, -0.15) is 0 Å². The Balaban J connectivity index is 2.43. The largest absolute Gasteiger partial charge is 0.365 e. The van der Waals surface area contributed by atoms with Crippen LogP contribution in [-0.2, 0) is 4.84 Å². The maximum absolute atomic E-state index is 4.92. The van der Waals surface area contributed by atoms with Crippen molar-refractivity contribution < 1.29 is 4.84 Å². The summed E-state index contributed by atoms with van der Waals surface area (Å²) >= 11 is 0. The Hall–Kier alpha value is -2.42. The Morgan fingerprint density at radius 3 is 2.53 bits per heavy atom. The maximum Gasteiger partial charge on any atom is 0.136 e. The van der Waals surface area contributed by atoms with Crippen LogP contribution in [0.1, 0.15) is 11.3 Å². The van der Waals surface area contributed by atoms with Gasteiger partial charge in [0, 0.05) is 11.8 Å². The number of rotatable bonds is 4. The molecule has 0 N–H and O–H groups in total. The lowest BCUT2D eigenvalue weighted by Crippen LogP contribution is -2.05. The first-order chi connectivity index (χ1) is 8.42. The van der Waals surface area contributed by atoms with Gasteiger partial charge in [-0.1, -0.05) is 48.1 Å². The zero-order chi connectivity index (χ0) is 11.9. The van der Waals surface area contributed by atoms with Crippen molar-refractivity contribution in [3.63, 3.8) is 0 Å². The lowest BCUT2D eigenvalue weighted by molar-refractivity contribution is 0.270. The van der Waals surface area contributed by atoms with E-state index in [2.05, 4.69) is 16.7 Å². The average molecular weight is 224 g/mol. The van der Waals surface area contributed by atoms with Gasteiger partial charge in [-0.05, 0) is 12.1 Å². The molecule has 0 radical (unpaired) electrons. The number of aromatic nitrogens is 1. The fourth-order valence-corrected chi connectivity index (χ4v) is 1.44. The Labute approximate surface area is 100 Å². The molecule has 1 aromatic heterocycles. The highest BCUT2D eigenvalue weighted by molar-refractivity contribution is 6.11. The summed E-state index contributed by atoms with van der Waals surface area (Å²) in [5.41, 5.74) is 2.40. The van der Waals surface area contributed by atoms with Crippen LogP contribution in [0, 0.1) is 0 Å². The fraction of sp³-hybridized carbons (Fsp3) is 0. The van der Waals surface area contributed by atoms with Crippen LogP contribution >= 0.6 is 0 Å². The topological polar surface area (TPSA) is 34.5 Å². The summed E-state index contributed by atoms with van der Waals surface area (Å²) in [4.78, 5) is 9.18. The molecule has 0 aliphatic heterocycles. The van der Waals surface area contributed by atoms with Gasteiger partial charge >= 0.3 is 0 Å². The molecule has 0 spiro atoms. The number of oxime groups is 1. The normalized spacial score (nSPS) is 10.9. The first kappa shape index (κ1) is 11.1. The predicted molar refractivity (Wildman–Crippen MR) is 67.6 cm³/mol. The molecule has 17 heavy (non-hydrogen) atoms. The SMILES string of the molecule is C=CON=C(c1ccccc1)c1ccccn1. The van der Waals surface area contributed by atoms with E-state index in [1.165, 1.54) is 6.26 Å². The molecule has 0 saturated heterocycles. The van der Waals surface area contributed by atoms with Crippen LogP contribution < -0.4 is 0 Å². The van der Waals surface area contributed by atoms with Gasteiger partial charge in [0.25, 0.3) is 0 Å². The molecule has 0 amide bonds. The van der Waals surface area contributed by atoms with E-state index in [1.54, 1.807) is 6.20 Å². The molecule has 1 heterocycles. The molecule has 0 aliphatic rings. The second-order valence-electron chi connectivity index (χ2n) is 3.29. The van der Waals surface area contributed by atoms with Crippen molar-refractivity contribution in [2.45, 2.75) is 0 Å². The zero-order valence-corrected chi connectivity index (χ0v) is 9.28. The van der Waals surface area contributed by atoms with Crippen LogP contribution in [0.5, 0.6) is 0 Å². The molecule has 0 aliphatic carbocycles. The van der Waals surface area contributed by atoms with Gasteiger partial charge in [-0.3, -0.25) is 4.98 Å². The molecule has 0 saturated carbocycles. The molecule has 1 aromatic carbocycles. The summed E-state index contributed by atoms with van der Waals surface area (Å²) < 4.78 is 0. The quantitative estimate of drug-likeness (QED) is 0.454. The van der Waals surface area contributed by atoms with Gasteiger partial charge in [0.2, 0.25) is 0 Å². The van der Waals surface area contributed by atoms with E-state index in [4.69, 9.17) is 4.84 Å². The highest BCUT2D eigenvalue weighted by atomic mass is 16.6. The van der Waals surface area contributed by atoms with Gasteiger partial charge < -0.3 is 4.84 Å². The molecule has 0 fully saturated rings. The van der Waals surface area contributed by atoms with Crippen LogP contribution in [0.4, 0.5) is 0 Å². The van der Waals surface area contributed by atoms with Gasteiger partial charge in [-0.15, -0.1) is 0 Å². The number of hydrogen-bond donors (Lipinski definition) is 0. The molecule has 0 unspecified atom stereocenters. The molecular formula is C14H12N2O. The summed E-state index contributed by atoms with van der Waals surface area (Å²) in [6.07, 6.45) is 3.01. The second-order valence-corrected chi connectivity index (χ2v) is 3.29. The third-order valence-electron chi connectivity index (χ3n) is 2.17. The molecule has 84 valence electrons. The summed E-state index contributed by atoms with van der Waals surface area (Å²) in [5, 5.41) is 4.02. The third-order valence-corrected chi connectivity index (χ3v) is 2.17. The van der Waals surface area contributed by atoms with Crippen molar-refractivity contribution in [3.05, 3.63) is 78.8 Å². The van der Waals surface area contributed by atoms with Gasteiger partial charge in [0.15, 0.2) is 0 Å². The third kappa shape index (κ3) is 2.78. The van der Waals surface area contributed by atoms with E-state index in [1.807, 2.05) is 48.5 Å². The molecule has 2 rings (SSSR count). The van der Waals surface area contributed by atoms with Crippen molar-refractivity contribution in [3.8, 4) is 0 Å². The van der Waals surface area contributed by atoms with Crippen molar-refractivity contribution >= 4 is 5.71 Å². The summed E-state index contributed by atoms with van der Waals surface area (Å²) in [5.74, 6) is 0. The van der Waals surface area contributed by atoms with E-state index < -0.39 is 0 Å². The first-order valence-corrected chi connectivity index (χ1v) is 5.23. The average Bonchev–Trinajstić information content (AvgIpc) is 2.42. The molecular weight excluding hydrogens is 212 g/mol. The minimum Gasteiger partial charge on any atom is -0.365 e. The van der Waals surface area contributed by atoms with Crippen LogP contribution in [-0.4, -0.2) is 10.7 Å². The molecule has 0 atom stereocenters. The van der Waals surface area contributed by atoms with Crippen LogP contribution in [0.15, 0.2) is 72.7 Å². The van der Waals surface area contributed by atoms with Crippen LogP contribution in [0.25, 0.3) is 0 Å². The van der Waals surface area contributed by atoms with E-state index in [0.717, 1.165) is 11.3 Å². The van der Waals surface area contributed by atoms with Crippen molar-refractivity contribution in [1.82, 2.24) is 4.98 Å². The monoisotopic (exact) mass is 224 g/mol. The van der Waals surface area contributed by atoms with E-state index >= 15 is 0 Å². The summed E-state index contributed by atoms with van der Waals surface area (Å²) in [6.45, 7) is 3.47. The van der Waals surface area contributed by atoms with E-state index in [-0.39, 0.29) is 0 Å². The van der Waals surface area contributed by atoms with Gasteiger partial charge in [0.05, 0.1) is 5.69 Å². The van der Waals surface area contributed by atoms with Crippen molar-refractivity contribution in [2.75, 3.05) is 0 Å². The minimum atomic E-state index is 0.686. The number of pyridine rings is 1. The molecule has 3 heteroatoms. The Bertz CT molecular complexity index is 465. The van der Waals surface area contributed by atoms with Crippen LogP contribution in [0.2, 0.25) is 0 Å². The lowest BCUT2D eigenvalue weighted by Gasteiger charge is -2.04. The Kier molecular flexibility index (Phi) is 3.65. The first-order valence-electron chi connectivity index (χ1n) is 5.23. The molecule has 3 nitrogen and oxygen atoms in total. The highest BCUT2D eigenvalue weighted by Crippen LogP contribution is 2.08. The fourth-order valence-electron chi connectivity index (χ4n) is 1.44. The number of hydrogen-bond acceptors (Lipinski definition) is 3. The maximum atomic E-state index is 4.92. The van der Waals surface area contributed by atoms with E-state index in [0.29, 0.717) is 5.71 Å². The number of nitrogens with zero attached hydrogens (tertiary/aromatic N) is 2. The summed E-state index contributed by atoms with van der Waals surface area (Å²) in [7, 11) is 0. The summed E-state index contributed by atoms with van der Waals surface area (Å²) in [6, 6.07) is 15.4. The van der Waals surface area contributed by atoms with Gasteiger partial charge in [0.1, 0.15) is 12.0 Å². The molecule has 2 aromatic rings. The highest BCUT2D eigenvalue weighted by Gasteiger charge is 2.07.